The van der Waals surface area contributed by atoms with E-state index < -0.39 is 12.2 Å². The van der Waals surface area contributed by atoms with E-state index in [1.54, 1.807) is 9.13 Å². The molecule has 58 heavy (non-hydrogen) atoms. The largest absolute Gasteiger partial charge is 0.444 e. The molecular formula is C46H26N2O4S6. The van der Waals surface area contributed by atoms with Crippen molar-refractivity contribution >= 4 is 147 Å². The van der Waals surface area contributed by atoms with Gasteiger partial charge in [0.1, 0.15) is 13.2 Å². The van der Waals surface area contributed by atoms with Gasteiger partial charge in [0.25, 0.3) is 0 Å². The number of carbonyl (C=O) groups excluding carboxylic acids is 2. The third-order valence-corrected chi connectivity index (χ3v) is 14.1. The van der Waals surface area contributed by atoms with Crippen LogP contribution in [0.4, 0.5) is 9.59 Å². The number of thiocarbonyl (C=S) groups is 4. The number of nitrogens with zero attached hydrogens (tertiary/aromatic N) is 2. The van der Waals surface area contributed by atoms with Gasteiger partial charge in [-0.05, 0) is 35.4 Å². The van der Waals surface area contributed by atoms with E-state index in [0.29, 0.717) is 50.9 Å². The van der Waals surface area contributed by atoms with Crippen LogP contribution in [0.15, 0.2) is 132 Å². The maximum absolute atomic E-state index is 14.5. The highest BCUT2D eigenvalue weighted by atomic mass is 32.1. The molecule has 0 fully saturated rings. The molecule has 10 rings (SSSR count). The lowest BCUT2D eigenvalue weighted by Gasteiger charge is -2.07. The summed E-state index contributed by atoms with van der Waals surface area (Å²) in [7, 11) is 0. The quantitative estimate of drug-likeness (QED) is 0.121. The number of carbonyl (C=O) groups is 2. The standard InChI is InChI=1S/C46H26N2O4S6/c49-45(51-23-25-11-3-1-4-12-25)47-35-21-27(19-33-39(53)29-15-7-8-16-30(29)40(33)54)57-43(35)38-37(47)44-36(48(38)46(50)52-24-26-13-5-2-6-14-26)22-28(58-44)20-34-41(55)31-17-9-10-18-32(31)42(34)56/h1-22H,23-24H2. The molecule has 4 aromatic carbocycles. The predicted octanol–water partition coefficient (Wildman–Crippen LogP) is 12.3. The molecule has 0 radical (unpaired) electrons. The zero-order valence-corrected chi connectivity index (χ0v) is 35.0. The topological polar surface area (TPSA) is 62.5 Å². The summed E-state index contributed by atoms with van der Waals surface area (Å²) in [5.74, 6) is 0. The summed E-state index contributed by atoms with van der Waals surface area (Å²) in [4.78, 5) is 33.3. The first-order valence-electron chi connectivity index (χ1n) is 18.1. The first kappa shape index (κ1) is 36.7. The first-order valence-corrected chi connectivity index (χ1v) is 21.4. The second-order valence-electron chi connectivity index (χ2n) is 13.7. The number of hydrogen-bond donors (Lipinski definition) is 0. The fourth-order valence-corrected chi connectivity index (χ4v) is 11.3. The van der Waals surface area contributed by atoms with Crippen molar-refractivity contribution in [3.8, 4) is 0 Å². The molecule has 280 valence electrons. The lowest BCUT2D eigenvalue weighted by Crippen LogP contribution is -2.13. The van der Waals surface area contributed by atoms with E-state index in [1.165, 1.54) is 22.7 Å². The fraction of sp³-hybridized carbons (Fsp3) is 0.0435. The maximum atomic E-state index is 14.5. The third-order valence-electron chi connectivity index (χ3n) is 10.2. The summed E-state index contributed by atoms with van der Waals surface area (Å²) >= 11 is 26.5. The van der Waals surface area contributed by atoms with Crippen LogP contribution in [0, 0.1) is 0 Å². The monoisotopic (exact) mass is 862 g/mol. The van der Waals surface area contributed by atoms with Crippen LogP contribution in [0.25, 0.3) is 43.6 Å². The molecule has 2 aliphatic carbocycles. The fourth-order valence-electron chi connectivity index (χ4n) is 7.52. The van der Waals surface area contributed by atoms with Crippen molar-refractivity contribution in [2.45, 2.75) is 13.2 Å². The van der Waals surface area contributed by atoms with Crippen LogP contribution in [0.3, 0.4) is 0 Å². The van der Waals surface area contributed by atoms with Crippen molar-refractivity contribution < 1.29 is 19.1 Å². The summed E-state index contributed by atoms with van der Waals surface area (Å²) in [6, 6.07) is 38.6. The van der Waals surface area contributed by atoms with E-state index in [-0.39, 0.29) is 13.2 Å². The second kappa shape index (κ2) is 14.7. The molecular weight excluding hydrogens is 837 g/mol. The van der Waals surface area contributed by atoms with Gasteiger partial charge in [0.05, 0.1) is 50.9 Å². The molecule has 4 heterocycles. The summed E-state index contributed by atoms with van der Waals surface area (Å²) in [6.45, 7) is 0.117. The Balaban J connectivity index is 1.17. The van der Waals surface area contributed by atoms with Gasteiger partial charge in [0.15, 0.2) is 0 Å². The minimum Gasteiger partial charge on any atom is -0.444 e. The smallest absolute Gasteiger partial charge is 0.419 e. The Bertz CT molecular complexity index is 2890. The van der Waals surface area contributed by atoms with E-state index in [4.69, 9.17) is 58.3 Å². The first-order chi connectivity index (χ1) is 28.3. The second-order valence-corrected chi connectivity index (χ2v) is 17.5. The summed E-state index contributed by atoms with van der Waals surface area (Å²) in [5, 5.41) is 0. The van der Waals surface area contributed by atoms with Crippen LogP contribution in [0.2, 0.25) is 0 Å². The molecule has 6 nitrogen and oxygen atoms in total. The van der Waals surface area contributed by atoms with Crippen molar-refractivity contribution in [2.24, 2.45) is 0 Å². The number of aromatic nitrogens is 2. The van der Waals surface area contributed by atoms with Gasteiger partial charge in [0, 0.05) is 43.2 Å². The Labute approximate surface area is 361 Å². The molecule has 8 aromatic rings. The lowest BCUT2D eigenvalue weighted by molar-refractivity contribution is 0.142. The van der Waals surface area contributed by atoms with Gasteiger partial charge in [0.2, 0.25) is 0 Å². The van der Waals surface area contributed by atoms with Crippen LogP contribution in [-0.2, 0) is 22.7 Å². The highest BCUT2D eigenvalue weighted by Crippen LogP contribution is 2.46. The van der Waals surface area contributed by atoms with Gasteiger partial charge in [-0.3, -0.25) is 0 Å². The number of hydrogen-bond acceptors (Lipinski definition) is 10. The zero-order valence-electron chi connectivity index (χ0n) is 30.1. The van der Waals surface area contributed by atoms with Crippen molar-refractivity contribution in [3.05, 3.63) is 176 Å². The van der Waals surface area contributed by atoms with Crippen molar-refractivity contribution in [1.29, 1.82) is 0 Å². The SMILES string of the molecule is O=C(OCc1ccccc1)n1c2cc(C=C3C(=S)c4ccccc4C3=S)sc2c2c1c1sc(C=C3C(=S)c4ccccc4C3=S)cc1n2C(=O)OCc1ccccc1. The normalized spacial score (nSPS) is 13.5. The average Bonchev–Trinajstić information content (AvgIpc) is 4.07. The molecule has 0 saturated carbocycles. The van der Waals surface area contributed by atoms with Crippen molar-refractivity contribution in [1.82, 2.24) is 9.13 Å². The minimum absolute atomic E-state index is 0.0584. The van der Waals surface area contributed by atoms with E-state index >= 15 is 0 Å². The summed E-state index contributed by atoms with van der Waals surface area (Å²) in [6.07, 6.45) is 2.78. The zero-order chi connectivity index (χ0) is 39.7. The molecule has 0 amide bonds. The van der Waals surface area contributed by atoms with Gasteiger partial charge in [-0.25, -0.2) is 18.7 Å². The average molecular weight is 863 g/mol. The molecule has 2 aliphatic rings. The number of ether oxygens (including phenoxy) is 2. The van der Waals surface area contributed by atoms with Gasteiger partial charge in [-0.15, -0.1) is 22.7 Å². The van der Waals surface area contributed by atoms with E-state index in [1.807, 2.05) is 133 Å². The molecule has 4 aromatic heterocycles. The van der Waals surface area contributed by atoms with Crippen molar-refractivity contribution in [3.63, 3.8) is 0 Å². The molecule has 0 bridgehead atoms. The minimum atomic E-state index is -0.584. The number of allylic oxidation sites excluding steroid dienone is 2. The van der Waals surface area contributed by atoms with Gasteiger partial charge in [-0.1, -0.05) is 158 Å². The molecule has 0 N–H and O–H groups in total. The molecule has 0 unspecified atom stereocenters. The third kappa shape index (κ3) is 6.07. The molecule has 0 saturated heterocycles. The van der Waals surface area contributed by atoms with Crippen LogP contribution >= 0.6 is 71.5 Å². The van der Waals surface area contributed by atoms with E-state index in [2.05, 4.69) is 0 Å². The Hall–Kier alpha value is -5.60. The van der Waals surface area contributed by atoms with Gasteiger partial charge in [-0.2, -0.15) is 0 Å². The number of benzene rings is 4. The molecule has 0 aliphatic heterocycles. The Kier molecular flexibility index (Phi) is 9.28. The van der Waals surface area contributed by atoms with Crippen molar-refractivity contribution in [2.75, 3.05) is 0 Å². The highest BCUT2D eigenvalue weighted by molar-refractivity contribution is 7.84. The molecule has 0 spiro atoms. The Morgan fingerprint density at radius 3 is 1.17 bits per heavy atom. The number of rotatable bonds is 6. The van der Waals surface area contributed by atoms with Crippen LogP contribution < -0.4 is 0 Å². The van der Waals surface area contributed by atoms with Crippen LogP contribution in [0.5, 0.6) is 0 Å². The maximum Gasteiger partial charge on any atom is 0.419 e. The van der Waals surface area contributed by atoms with Gasteiger partial charge < -0.3 is 9.47 Å². The predicted molar refractivity (Wildman–Crippen MR) is 250 cm³/mol. The van der Waals surface area contributed by atoms with Gasteiger partial charge >= 0.3 is 12.2 Å². The summed E-state index contributed by atoms with van der Waals surface area (Å²) < 4.78 is 16.6. The van der Waals surface area contributed by atoms with E-state index in [9.17, 15) is 9.59 Å². The van der Waals surface area contributed by atoms with Crippen LogP contribution in [0.1, 0.15) is 43.1 Å². The number of thiophene rings is 2. The lowest BCUT2D eigenvalue weighted by atomic mass is 10.1. The van der Waals surface area contributed by atoms with Crippen LogP contribution in [-0.4, -0.2) is 40.8 Å². The summed E-state index contributed by atoms with van der Waals surface area (Å²) in [5.41, 5.74) is 9.18. The highest BCUT2D eigenvalue weighted by Gasteiger charge is 2.32. The molecule has 12 heteroatoms. The number of fused-ring (bicyclic) bond motifs is 7. The molecule has 0 atom stereocenters. The Morgan fingerprint density at radius 1 is 0.500 bits per heavy atom. The Morgan fingerprint density at radius 2 is 0.828 bits per heavy atom. The van der Waals surface area contributed by atoms with E-state index in [0.717, 1.165) is 54.3 Å².